The van der Waals surface area contributed by atoms with Crippen LogP contribution >= 0.6 is 0 Å². The van der Waals surface area contributed by atoms with Gasteiger partial charge in [0.1, 0.15) is 0 Å². The zero-order valence-corrected chi connectivity index (χ0v) is 8.38. The van der Waals surface area contributed by atoms with Crippen LogP contribution in [0.4, 0.5) is 0 Å². The topological polar surface area (TPSA) is 75.1 Å². The smallest absolute Gasteiger partial charge is 0.308 e. The summed E-state index contributed by atoms with van der Waals surface area (Å²) in [6.07, 6.45) is 1.24. The minimum Gasteiger partial charge on any atom is -0.481 e. The Kier molecular flexibility index (Phi) is 2.59. The summed E-state index contributed by atoms with van der Waals surface area (Å²) in [7, 11) is 0. The van der Waals surface area contributed by atoms with Gasteiger partial charge in [0.25, 0.3) is 5.56 Å². The molecule has 1 aromatic carbocycles. The van der Waals surface area contributed by atoms with E-state index in [0.717, 1.165) is 5.69 Å². The van der Waals surface area contributed by atoms with Crippen LogP contribution < -0.4 is 5.56 Å². The lowest BCUT2D eigenvalue weighted by Crippen LogP contribution is -2.11. The summed E-state index contributed by atoms with van der Waals surface area (Å²) in [5.74, 6) is -1.02. The summed E-state index contributed by atoms with van der Waals surface area (Å²) in [6, 6.07) is 9.18. The van der Waals surface area contributed by atoms with Crippen molar-refractivity contribution < 1.29 is 9.90 Å². The number of carboxylic acids is 1. The first-order chi connectivity index (χ1) is 7.66. The number of rotatable bonds is 3. The molecule has 5 heteroatoms. The highest BCUT2D eigenvalue weighted by atomic mass is 16.4. The van der Waals surface area contributed by atoms with E-state index in [2.05, 4.69) is 5.10 Å². The maximum atomic E-state index is 11.4. The van der Waals surface area contributed by atoms with E-state index in [4.69, 9.17) is 5.11 Å². The molecule has 0 aliphatic heterocycles. The van der Waals surface area contributed by atoms with Crippen LogP contribution in [0.25, 0.3) is 5.69 Å². The fourth-order valence-corrected chi connectivity index (χ4v) is 1.44. The molecule has 0 saturated carbocycles. The fraction of sp³-hybridized carbons (Fsp3) is 0.0909. The van der Waals surface area contributed by atoms with Gasteiger partial charge in [-0.2, -0.15) is 0 Å². The molecule has 0 radical (unpaired) electrons. The molecule has 0 spiro atoms. The summed E-state index contributed by atoms with van der Waals surface area (Å²) >= 11 is 0. The van der Waals surface area contributed by atoms with E-state index >= 15 is 0 Å². The zero-order valence-electron chi connectivity index (χ0n) is 8.38. The third-order valence-electron chi connectivity index (χ3n) is 2.17. The van der Waals surface area contributed by atoms with Crippen molar-refractivity contribution in [1.82, 2.24) is 9.78 Å². The van der Waals surface area contributed by atoms with E-state index in [-0.39, 0.29) is 17.5 Å². The van der Waals surface area contributed by atoms with Crippen molar-refractivity contribution in [1.29, 1.82) is 0 Å². The number of para-hydroxylation sites is 1. The molecule has 5 nitrogen and oxygen atoms in total. The molecule has 0 atom stereocenters. The van der Waals surface area contributed by atoms with Gasteiger partial charge in [-0.1, -0.05) is 18.2 Å². The predicted molar refractivity (Wildman–Crippen MR) is 57.7 cm³/mol. The number of aromatic amines is 1. The number of benzene rings is 1. The molecule has 0 aliphatic carbocycles. The quantitative estimate of drug-likeness (QED) is 0.799. The van der Waals surface area contributed by atoms with E-state index < -0.39 is 5.97 Å². The summed E-state index contributed by atoms with van der Waals surface area (Å²) in [4.78, 5) is 21.9. The standard InChI is InChI=1S/C11H10N2O3/c14-10(15)6-8-7-13(12-11(8)16)9-4-2-1-3-5-9/h1-5,7H,6H2,(H,12,16)(H,14,15). The highest BCUT2D eigenvalue weighted by Crippen LogP contribution is 2.05. The molecular formula is C11H10N2O3. The predicted octanol–water partition coefficient (Wildman–Crippen LogP) is 0.793. The molecule has 0 bridgehead atoms. The van der Waals surface area contributed by atoms with Crippen molar-refractivity contribution in [3.8, 4) is 5.69 Å². The molecular weight excluding hydrogens is 208 g/mol. The number of carboxylic acid groups (broad SMARTS) is 1. The van der Waals surface area contributed by atoms with Crippen molar-refractivity contribution in [3.05, 3.63) is 52.4 Å². The number of carbonyl (C=O) groups is 1. The number of nitrogens with zero attached hydrogens (tertiary/aromatic N) is 1. The largest absolute Gasteiger partial charge is 0.481 e. The van der Waals surface area contributed by atoms with E-state index in [1.807, 2.05) is 30.3 Å². The Morgan fingerprint density at radius 3 is 2.62 bits per heavy atom. The van der Waals surface area contributed by atoms with Crippen molar-refractivity contribution >= 4 is 5.97 Å². The van der Waals surface area contributed by atoms with Crippen molar-refractivity contribution in [2.45, 2.75) is 6.42 Å². The first-order valence-corrected chi connectivity index (χ1v) is 4.74. The van der Waals surface area contributed by atoms with Gasteiger partial charge in [0.05, 0.1) is 12.1 Å². The van der Waals surface area contributed by atoms with Crippen LogP contribution in [0.5, 0.6) is 0 Å². The molecule has 2 N–H and O–H groups in total. The fourth-order valence-electron chi connectivity index (χ4n) is 1.44. The Bertz CT molecular complexity index is 554. The Morgan fingerprint density at radius 1 is 1.31 bits per heavy atom. The lowest BCUT2D eigenvalue weighted by atomic mass is 10.2. The van der Waals surface area contributed by atoms with Crippen LogP contribution in [-0.4, -0.2) is 20.9 Å². The average molecular weight is 218 g/mol. The van der Waals surface area contributed by atoms with E-state index in [0.29, 0.717) is 0 Å². The van der Waals surface area contributed by atoms with Gasteiger partial charge in [-0.05, 0) is 12.1 Å². The normalized spacial score (nSPS) is 10.2. The van der Waals surface area contributed by atoms with Crippen LogP contribution in [-0.2, 0) is 11.2 Å². The summed E-state index contributed by atoms with van der Waals surface area (Å²) in [6.45, 7) is 0. The minimum atomic E-state index is -1.02. The monoisotopic (exact) mass is 218 g/mol. The summed E-state index contributed by atoms with van der Waals surface area (Å²) in [5.41, 5.74) is 0.666. The molecule has 16 heavy (non-hydrogen) atoms. The van der Waals surface area contributed by atoms with E-state index in [1.54, 1.807) is 0 Å². The van der Waals surface area contributed by atoms with Gasteiger partial charge < -0.3 is 5.11 Å². The maximum Gasteiger partial charge on any atom is 0.308 e. The lowest BCUT2D eigenvalue weighted by molar-refractivity contribution is -0.136. The van der Waals surface area contributed by atoms with Crippen LogP contribution in [0.2, 0.25) is 0 Å². The third-order valence-corrected chi connectivity index (χ3v) is 2.17. The molecule has 0 aliphatic rings. The number of aromatic nitrogens is 2. The Balaban J connectivity index is 2.38. The zero-order chi connectivity index (χ0) is 11.5. The third kappa shape index (κ3) is 2.03. The highest BCUT2D eigenvalue weighted by Gasteiger charge is 2.08. The van der Waals surface area contributed by atoms with Crippen LogP contribution in [0, 0.1) is 0 Å². The Labute approximate surface area is 90.9 Å². The first kappa shape index (κ1) is 10.2. The van der Waals surface area contributed by atoms with Gasteiger partial charge in [-0.3, -0.25) is 19.4 Å². The Morgan fingerprint density at radius 2 is 2.00 bits per heavy atom. The molecule has 0 saturated heterocycles. The molecule has 1 aromatic heterocycles. The average Bonchev–Trinajstić information content (AvgIpc) is 2.61. The second-order valence-electron chi connectivity index (χ2n) is 3.37. The molecule has 1 heterocycles. The number of H-pyrrole nitrogens is 1. The van der Waals surface area contributed by atoms with E-state index in [9.17, 15) is 9.59 Å². The molecule has 0 unspecified atom stereocenters. The van der Waals surface area contributed by atoms with Gasteiger partial charge in [-0.25, -0.2) is 0 Å². The van der Waals surface area contributed by atoms with Crippen molar-refractivity contribution in [2.24, 2.45) is 0 Å². The van der Waals surface area contributed by atoms with Gasteiger partial charge in [0.15, 0.2) is 0 Å². The maximum absolute atomic E-state index is 11.4. The minimum absolute atomic E-state index is 0.247. The first-order valence-electron chi connectivity index (χ1n) is 4.74. The SMILES string of the molecule is O=C(O)Cc1cn(-c2ccccc2)[nH]c1=O. The number of aliphatic carboxylic acids is 1. The molecule has 0 fully saturated rings. The van der Waals surface area contributed by atoms with Crippen LogP contribution in [0.1, 0.15) is 5.56 Å². The van der Waals surface area contributed by atoms with Crippen molar-refractivity contribution in [2.75, 3.05) is 0 Å². The highest BCUT2D eigenvalue weighted by molar-refractivity contribution is 5.69. The number of nitrogens with one attached hydrogen (secondary N) is 1. The van der Waals surface area contributed by atoms with Crippen LogP contribution in [0.3, 0.4) is 0 Å². The van der Waals surface area contributed by atoms with Gasteiger partial charge >= 0.3 is 5.97 Å². The molecule has 2 rings (SSSR count). The summed E-state index contributed by atoms with van der Waals surface area (Å²) in [5, 5.41) is 11.2. The van der Waals surface area contributed by atoms with Gasteiger partial charge in [-0.15, -0.1) is 0 Å². The second kappa shape index (κ2) is 4.06. The van der Waals surface area contributed by atoms with Gasteiger partial charge in [0.2, 0.25) is 0 Å². The van der Waals surface area contributed by atoms with Gasteiger partial charge in [0, 0.05) is 11.8 Å². The van der Waals surface area contributed by atoms with E-state index in [1.165, 1.54) is 10.9 Å². The number of hydrogen-bond acceptors (Lipinski definition) is 2. The Hall–Kier alpha value is -2.30. The molecule has 2 aromatic rings. The van der Waals surface area contributed by atoms with Crippen LogP contribution in [0.15, 0.2) is 41.3 Å². The summed E-state index contributed by atoms with van der Waals surface area (Å²) < 4.78 is 1.51. The molecule has 0 amide bonds. The number of hydrogen-bond donors (Lipinski definition) is 2. The van der Waals surface area contributed by atoms with Crippen molar-refractivity contribution in [3.63, 3.8) is 0 Å². The lowest BCUT2D eigenvalue weighted by Gasteiger charge is -1.99. The second-order valence-corrected chi connectivity index (χ2v) is 3.37. The molecule has 82 valence electrons.